The highest BCUT2D eigenvalue weighted by Crippen LogP contribution is 2.37. The molecule has 184 valence electrons. The van der Waals surface area contributed by atoms with Crippen LogP contribution in [0.3, 0.4) is 0 Å². The number of hydrogen-bond acceptors (Lipinski definition) is 6. The first-order valence-electron chi connectivity index (χ1n) is 12.0. The molecule has 8 heteroatoms. The second-order valence-electron chi connectivity index (χ2n) is 9.58. The number of aliphatic hydroxyl groups is 1. The van der Waals surface area contributed by atoms with Crippen LogP contribution in [0.4, 0.5) is 0 Å². The summed E-state index contributed by atoms with van der Waals surface area (Å²) in [6.07, 6.45) is 8.73. The number of sulfonamides is 1. The maximum absolute atomic E-state index is 13.6. The molecule has 0 bridgehead atoms. The van der Waals surface area contributed by atoms with Crippen molar-refractivity contribution in [3.05, 3.63) is 59.9 Å². The molecule has 2 heterocycles. The van der Waals surface area contributed by atoms with Crippen LogP contribution in [-0.2, 0) is 16.6 Å². The van der Waals surface area contributed by atoms with Crippen molar-refractivity contribution in [1.82, 2.24) is 14.2 Å². The Morgan fingerprint density at radius 2 is 2.03 bits per heavy atom. The fourth-order valence-corrected chi connectivity index (χ4v) is 6.57. The molecule has 1 aromatic carbocycles. The van der Waals surface area contributed by atoms with Crippen LogP contribution in [-0.4, -0.2) is 66.6 Å². The van der Waals surface area contributed by atoms with Gasteiger partial charge in [0, 0.05) is 44.0 Å². The summed E-state index contributed by atoms with van der Waals surface area (Å²) in [5.41, 5.74) is 3.42. The van der Waals surface area contributed by atoms with Gasteiger partial charge >= 0.3 is 0 Å². The van der Waals surface area contributed by atoms with E-state index in [1.54, 1.807) is 25.4 Å². The van der Waals surface area contributed by atoms with Crippen molar-refractivity contribution < 1.29 is 18.3 Å². The van der Waals surface area contributed by atoms with Gasteiger partial charge in [-0.25, -0.2) is 8.42 Å². The molecule has 0 fully saturated rings. The number of allylic oxidation sites excluding steroid dienone is 2. The minimum atomic E-state index is -3.82. The van der Waals surface area contributed by atoms with Crippen molar-refractivity contribution in [3.63, 3.8) is 0 Å². The van der Waals surface area contributed by atoms with Crippen LogP contribution in [0, 0.1) is 5.92 Å². The van der Waals surface area contributed by atoms with Crippen LogP contribution >= 0.6 is 0 Å². The predicted octanol–water partition coefficient (Wildman–Crippen LogP) is 3.55. The summed E-state index contributed by atoms with van der Waals surface area (Å²) in [6.45, 7) is 5.19. The zero-order valence-electron chi connectivity index (χ0n) is 20.2. The molecule has 1 aromatic heterocycles. The summed E-state index contributed by atoms with van der Waals surface area (Å²) in [4.78, 5) is 6.45. The highest BCUT2D eigenvalue weighted by molar-refractivity contribution is 7.89. The van der Waals surface area contributed by atoms with E-state index in [2.05, 4.69) is 16.0 Å². The molecule has 1 aliphatic heterocycles. The maximum atomic E-state index is 13.6. The second-order valence-corrected chi connectivity index (χ2v) is 11.4. The Morgan fingerprint density at radius 3 is 2.71 bits per heavy atom. The third kappa shape index (κ3) is 5.35. The first kappa shape index (κ1) is 24.9. The number of rotatable bonds is 7. The molecule has 0 amide bonds. The fourth-order valence-electron chi connectivity index (χ4n) is 4.75. The van der Waals surface area contributed by atoms with Gasteiger partial charge in [-0.05, 0) is 74.2 Å². The minimum absolute atomic E-state index is 0.0776. The molecule has 1 N–H and O–H groups in total. The van der Waals surface area contributed by atoms with Crippen molar-refractivity contribution in [2.45, 2.75) is 56.7 Å². The van der Waals surface area contributed by atoms with Gasteiger partial charge in [0.05, 0.1) is 6.61 Å². The topological polar surface area (TPSA) is 83.0 Å². The number of aliphatic hydroxyl groups excluding tert-OH is 1. The summed E-state index contributed by atoms with van der Waals surface area (Å²) in [5, 5.41) is 9.82. The van der Waals surface area contributed by atoms with E-state index < -0.39 is 16.1 Å². The van der Waals surface area contributed by atoms with Crippen molar-refractivity contribution in [2.24, 2.45) is 5.92 Å². The quantitative estimate of drug-likeness (QED) is 0.646. The largest absolute Gasteiger partial charge is 0.487 e. The van der Waals surface area contributed by atoms with Gasteiger partial charge in [0.2, 0.25) is 10.0 Å². The Bertz CT molecular complexity index is 1120. The summed E-state index contributed by atoms with van der Waals surface area (Å²) in [7, 11) is -1.78. The van der Waals surface area contributed by atoms with Gasteiger partial charge in [0.25, 0.3) is 0 Å². The van der Waals surface area contributed by atoms with Crippen molar-refractivity contribution >= 4 is 15.6 Å². The van der Waals surface area contributed by atoms with Gasteiger partial charge in [-0.1, -0.05) is 19.1 Å². The van der Waals surface area contributed by atoms with E-state index in [1.807, 2.05) is 38.2 Å². The molecule has 0 saturated carbocycles. The SMILES string of the molecule is C[C@H]1CN([C@@H](C)CO)S(=O)(=O)c2ccc(C3=CCCC3)cc2O[C@H]1CN(C)Cc1ccncc1. The molecule has 3 atom stereocenters. The fraction of sp³-hybridized carbons (Fsp3) is 0.500. The predicted molar refractivity (Wildman–Crippen MR) is 133 cm³/mol. The van der Waals surface area contributed by atoms with E-state index in [9.17, 15) is 13.5 Å². The minimum Gasteiger partial charge on any atom is -0.487 e. The van der Waals surface area contributed by atoms with E-state index in [1.165, 1.54) is 9.88 Å². The normalized spacial score (nSPS) is 23.5. The number of benzene rings is 1. The van der Waals surface area contributed by atoms with Crippen LogP contribution in [0.2, 0.25) is 0 Å². The zero-order valence-corrected chi connectivity index (χ0v) is 21.0. The Kier molecular flexibility index (Phi) is 7.72. The molecule has 7 nitrogen and oxygen atoms in total. The van der Waals surface area contributed by atoms with Gasteiger partial charge in [0.1, 0.15) is 16.7 Å². The van der Waals surface area contributed by atoms with Crippen molar-refractivity contribution in [1.29, 1.82) is 0 Å². The average Bonchev–Trinajstić information content (AvgIpc) is 3.36. The number of nitrogens with zero attached hydrogens (tertiary/aromatic N) is 3. The lowest BCUT2D eigenvalue weighted by Gasteiger charge is -2.37. The van der Waals surface area contributed by atoms with Gasteiger partial charge in [0.15, 0.2) is 0 Å². The van der Waals surface area contributed by atoms with E-state index in [0.29, 0.717) is 12.3 Å². The molecule has 34 heavy (non-hydrogen) atoms. The molecular weight excluding hydrogens is 450 g/mol. The highest BCUT2D eigenvalue weighted by Gasteiger charge is 2.38. The Balaban J connectivity index is 1.69. The Morgan fingerprint density at radius 1 is 1.26 bits per heavy atom. The number of ether oxygens (including phenoxy) is 1. The molecule has 0 saturated heterocycles. The first-order chi connectivity index (χ1) is 16.3. The first-order valence-corrected chi connectivity index (χ1v) is 13.4. The number of likely N-dealkylation sites (N-methyl/N-ethyl adjacent to an activating group) is 1. The summed E-state index contributed by atoms with van der Waals surface area (Å²) < 4.78 is 35.2. The molecule has 2 aliphatic rings. The molecule has 0 spiro atoms. The standard InChI is InChI=1S/C26H35N3O4S/c1-19-15-29(20(2)18-30)34(31,32)26-9-8-23(22-6-4-5-7-22)14-24(26)33-25(19)17-28(3)16-21-10-12-27-13-11-21/h6,8-14,19-20,25,30H,4-5,7,15-18H2,1-3H3/t19-,20-,25-/m0/s1. The van der Waals surface area contributed by atoms with Gasteiger partial charge in [-0.2, -0.15) is 4.31 Å². The lowest BCUT2D eigenvalue weighted by atomic mass is 10.0. The maximum Gasteiger partial charge on any atom is 0.247 e. The van der Waals surface area contributed by atoms with Crippen LogP contribution < -0.4 is 4.74 Å². The van der Waals surface area contributed by atoms with Crippen molar-refractivity contribution in [2.75, 3.05) is 26.7 Å². The third-order valence-corrected chi connectivity index (χ3v) is 8.79. The van der Waals surface area contributed by atoms with Crippen LogP contribution in [0.5, 0.6) is 5.75 Å². The highest BCUT2D eigenvalue weighted by atomic mass is 32.2. The average molecular weight is 486 g/mol. The second kappa shape index (κ2) is 10.6. The smallest absolute Gasteiger partial charge is 0.247 e. The molecular formula is C26H35N3O4S. The lowest BCUT2D eigenvalue weighted by molar-refractivity contribution is 0.0733. The van der Waals surface area contributed by atoms with Crippen LogP contribution in [0.15, 0.2) is 53.7 Å². The zero-order chi connectivity index (χ0) is 24.3. The molecule has 0 radical (unpaired) electrons. The number of aromatic nitrogens is 1. The van der Waals surface area contributed by atoms with Crippen molar-refractivity contribution in [3.8, 4) is 5.75 Å². The van der Waals surface area contributed by atoms with E-state index in [4.69, 9.17) is 4.74 Å². The summed E-state index contributed by atoms with van der Waals surface area (Å²) in [6, 6.07) is 8.91. The number of hydrogen-bond donors (Lipinski definition) is 1. The molecule has 2 aromatic rings. The summed E-state index contributed by atoms with van der Waals surface area (Å²) >= 11 is 0. The lowest BCUT2D eigenvalue weighted by Crippen LogP contribution is -2.49. The number of pyridine rings is 1. The van der Waals surface area contributed by atoms with Gasteiger partial charge < -0.3 is 9.84 Å². The third-order valence-electron chi connectivity index (χ3n) is 6.77. The van der Waals surface area contributed by atoms with Crippen LogP contribution in [0.1, 0.15) is 44.2 Å². The van der Waals surface area contributed by atoms with Gasteiger partial charge in [-0.3, -0.25) is 9.88 Å². The van der Waals surface area contributed by atoms with E-state index >= 15 is 0 Å². The van der Waals surface area contributed by atoms with Crippen LogP contribution in [0.25, 0.3) is 5.57 Å². The Hall–Kier alpha value is -2.26. The molecule has 4 rings (SSSR count). The number of fused-ring (bicyclic) bond motifs is 1. The molecule has 0 unspecified atom stereocenters. The van der Waals surface area contributed by atoms with E-state index in [-0.39, 0.29) is 30.1 Å². The summed E-state index contributed by atoms with van der Waals surface area (Å²) in [5.74, 6) is 0.320. The Labute approximate surface area is 203 Å². The monoisotopic (exact) mass is 485 g/mol. The van der Waals surface area contributed by atoms with Gasteiger partial charge in [-0.15, -0.1) is 0 Å². The van der Waals surface area contributed by atoms with E-state index in [0.717, 1.165) is 36.9 Å². The molecule has 1 aliphatic carbocycles.